The van der Waals surface area contributed by atoms with Crippen molar-refractivity contribution in [2.75, 3.05) is 18.1 Å². The van der Waals surface area contributed by atoms with Crippen molar-refractivity contribution in [3.63, 3.8) is 0 Å². The van der Waals surface area contributed by atoms with Crippen LogP contribution in [0.4, 0.5) is 11.4 Å². The van der Waals surface area contributed by atoms with Crippen molar-refractivity contribution in [2.45, 2.75) is 38.6 Å². The molecule has 6 heteroatoms. The van der Waals surface area contributed by atoms with Gasteiger partial charge in [-0.05, 0) is 44.7 Å². The fourth-order valence-electron chi connectivity index (χ4n) is 2.61. The highest BCUT2D eigenvalue weighted by Gasteiger charge is 2.27. The summed E-state index contributed by atoms with van der Waals surface area (Å²) in [6.45, 7) is 2.09. The Morgan fingerprint density at radius 3 is 2.67 bits per heavy atom. The minimum Gasteiger partial charge on any atom is -0.396 e. The molecule has 114 valence electrons. The first-order valence-corrected chi connectivity index (χ1v) is 7.21. The molecule has 1 saturated carbocycles. The number of nitrogens with zero attached hydrogens (tertiary/aromatic N) is 2. The summed E-state index contributed by atoms with van der Waals surface area (Å²) in [7, 11) is 0. The van der Waals surface area contributed by atoms with E-state index in [2.05, 4.69) is 4.90 Å². The third-order valence-electron chi connectivity index (χ3n) is 3.96. The Labute approximate surface area is 123 Å². The largest absolute Gasteiger partial charge is 0.396 e. The molecule has 0 radical (unpaired) electrons. The highest BCUT2D eigenvalue weighted by Crippen LogP contribution is 2.33. The number of Topliss-reactive ketones (excluding diaryl/α,β-unsaturated/α-hetero) is 1. The Balaban J connectivity index is 2.33. The number of aliphatic hydroxyl groups is 1. The molecule has 1 aromatic rings. The number of aliphatic hydroxyl groups excluding tert-OH is 1. The predicted molar refractivity (Wildman–Crippen MR) is 79.8 cm³/mol. The number of nitro groups is 1. The van der Waals surface area contributed by atoms with E-state index < -0.39 is 4.92 Å². The number of nitro benzene ring substituents is 1. The Morgan fingerprint density at radius 2 is 2.19 bits per heavy atom. The van der Waals surface area contributed by atoms with Crippen molar-refractivity contribution in [3.8, 4) is 0 Å². The van der Waals surface area contributed by atoms with E-state index in [-0.39, 0.29) is 23.6 Å². The molecule has 6 nitrogen and oxygen atoms in total. The van der Waals surface area contributed by atoms with Crippen LogP contribution in [-0.2, 0) is 0 Å². The van der Waals surface area contributed by atoms with Crippen molar-refractivity contribution in [1.29, 1.82) is 0 Å². The van der Waals surface area contributed by atoms with Gasteiger partial charge in [-0.25, -0.2) is 0 Å². The average molecular weight is 292 g/mol. The highest BCUT2D eigenvalue weighted by molar-refractivity contribution is 5.98. The van der Waals surface area contributed by atoms with E-state index in [1.165, 1.54) is 19.1 Å². The molecule has 1 aliphatic carbocycles. The maximum atomic E-state index is 11.5. The number of rotatable bonds is 7. The van der Waals surface area contributed by atoms with Crippen molar-refractivity contribution < 1.29 is 14.8 Å². The van der Waals surface area contributed by atoms with Crippen LogP contribution < -0.4 is 4.90 Å². The molecule has 1 aromatic carbocycles. The molecule has 2 rings (SSSR count). The molecule has 0 bridgehead atoms. The first kappa shape index (κ1) is 15.4. The maximum Gasteiger partial charge on any atom is 0.282 e. The lowest BCUT2D eigenvalue weighted by Gasteiger charge is -2.39. The summed E-state index contributed by atoms with van der Waals surface area (Å²) in [5.74, 6) is -0.307. The van der Waals surface area contributed by atoms with E-state index in [0.717, 1.165) is 24.9 Å². The Kier molecular flexibility index (Phi) is 4.90. The molecule has 0 unspecified atom stereocenters. The summed E-state index contributed by atoms with van der Waals surface area (Å²) < 4.78 is 0. The van der Waals surface area contributed by atoms with Crippen LogP contribution in [0.15, 0.2) is 18.2 Å². The minimum absolute atomic E-state index is 0.0941. The second kappa shape index (κ2) is 6.67. The molecule has 1 N–H and O–H groups in total. The van der Waals surface area contributed by atoms with Crippen LogP contribution in [0.25, 0.3) is 0 Å². The molecule has 0 saturated heterocycles. The fraction of sp³-hybridized carbons (Fsp3) is 0.533. The van der Waals surface area contributed by atoms with E-state index in [1.807, 2.05) is 0 Å². The zero-order valence-electron chi connectivity index (χ0n) is 12.1. The number of ketones is 1. The molecule has 0 amide bonds. The third kappa shape index (κ3) is 3.39. The van der Waals surface area contributed by atoms with Gasteiger partial charge in [-0.1, -0.05) is 0 Å². The van der Waals surface area contributed by atoms with Crippen LogP contribution in [0.3, 0.4) is 0 Å². The summed E-state index contributed by atoms with van der Waals surface area (Å²) in [6.07, 6.45) is 3.91. The van der Waals surface area contributed by atoms with Gasteiger partial charge in [-0.15, -0.1) is 0 Å². The Bertz CT molecular complexity index is 540. The van der Waals surface area contributed by atoms with Gasteiger partial charge < -0.3 is 10.0 Å². The zero-order valence-corrected chi connectivity index (χ0v) is 12.1. The van der Waals surface area contributed by atoms with E-state index in [1.54, 1.807) is 6.07 Å². The normalized spacial score (nSPS) is 14.6. The van der Waals surface area contributed by atoms with Gasteiger partial charge in [0.1, 0.15) is 0 Å². The van der Waals surface area contributed by atoms with Crippen LogP contribution in [0.2, 0.25) is 0 Å². The van der Waals surface area contributed by atoms with Gasteiger partial charge in [0.05, 0.1) is 10.5 Å². The standard InChI is InChI=1S/C15H20N2O4/c1-11(19)14-7-6-13(10-15(14)17(20)21)16(8-3-9-18)12-4-2-5-12/h6-7,10,12,18H,2-5,8-9H2,1H3. The summed E-state index contributed by atoms with van der Waals surface area (Å²) in [6, 6.07) is 5.14. The SMILES string of the molecule is CC(=O)c1ccc(N(CCCO)C2CCC2)cc1[N+](=O)[O-]. The molecule has 1 fully saturated rings. The Hall–Kier alpha value is -1.95. The van der Waals surface area contributed by atoms with Crippen molar-refractivity contribution in [2.24, 2.45) is 0 Å². The minimum atomic E-state index is -0.509. The average Bonchev–Trinajstić information content (AvgIpc) is 2.40. The second-order valence-electron chi connectivity index (χ2n) is 5.37. The summed E-state index contributed by atoms with van der Waals surface area (Å²) >= 11 is 0. The number of hydrogen-bond donors (Lipinski definition) is 1. The number of carbonyl (C=O) groups is 1. The van der Waals surface area contributed by atoms with E-state index >= 15 is 0 Å². The quantitative estimate of drug-likeness (QED) is 0.474. The summed E-state index contributed by atoms with van der Waals surface area (Å²) in [5, 5.41) is 20.2. The van der Waals surface area contributed by atoms with Crippen molar-refractivity contribution >= 4 is 17.2 Å². The highest BCUT2D eigenvalue weighted by atomic mass is 16.6. The van der Waals surface area contributed by atoms with Gasteiger partial charge in [-0.3, -0.25) is 14.9 Å². The van der Waals surface area contributed by atoms with Crippen LogP contribution >= 0.6 is 0 Å². The van der Waals surface area contributed by atoms with Crippen LogP contribution in [0.5, 0.6) is 0 Å². The first-order valence-electron chi connectivity index (χ1n) is 7.21. The molecule has 0 atom stereocenters. The zero-order chi connectivity index (χ0) is 15.4. The Morgan fingerprint density at radius 1 is 1.48 bits per heavy atom. The lowest BCUT2D eigenvalue weighted by Crippen LogP contribution is -2.41. The molecule has 0 heterocycles. The van der Waals surface area contributed by atoms with E-state index in [0.29, 0.717) is 19.0 Å². The third-order valence-corrected chi connectivity index (χ3v) is 3.96. The predicted octanol–water partition coefficient (Wildman–Crippen LogP) is 2.54. The van der Waals surface area contributed by atoms with Gasteiger partial charge in [-0.2, -0.15) is 0 Å². The van der Waals surface area contributed by atoms with Gasteiger partial charge in [0, 0.05) is 30.9 Å². The molecule has 0 spiro atoms. The maximum absolute atomic E-state index is 11.5. The van der Waals surface area contributed by atoms with Crippen molar-refractivity contribution in [1.82, 2.24) is 0 Å². The van der Waals surface area contributed by atoms with Gasteiger partial charge in [0.2, 0.25) is 0 Å². The smallest absolute Gasteiger partial charge is 0.282 e. The molecular formula is C15H20N2O4. The van der Waals surface area contributed by atoms with Crippen LogP contribution in [-0.4, -0.2) is 35.0 Å². The number of hydrogen-bond acceptors (Lipinski definition) is 5. The number of anilines is 1. The van der Waals surface area contributed by atoms with Crippen LogP contribution in [0, 0.1) is 10.1 Å². The van der Waals surface area contributed by atoms with Gasteiger partial charge in [0.25, 0.3) is 5.69 Å². The molecule has 0 aliphatic heterocycles. The number of carbonyl (C=O) groups excluding carboxylic acids is 1. The summed E-state index contributed by atoms with van der Waals surface area (Å²) in [5.41, 5.74) is 0.748. The van der Waals surface area contributed by atoms with Gasteiger partial charge >= 0.3 is 0 Å². The molecule has 21 heavy (non-hydrogen) atoms. The summed E-state index contributed by atoms with van der Waals surface area (Å²) in [4.78, 5) is 24.2. The first-order chi connectivity index (χ1) is 10.0. The number of benzene rings is 1. The van der Waals surface area contributed by atoms with Crippen molar-refractivity contribution in [3.05, 3.63) is 33.9 Å². The lowest BCUT2D eigenvalue weighted by molar-refractivity contribution is -0.385. The topological polar surface area (TPSA) is 83.7 Å². The van der Waals surface area contributed by atoms with E-state index in [4.69, 9.17) is 5.11 Å². The van der Waals surface area contributed by atoms with E-state index in [9.17, 15) is 14.9 Å². The van der Waals surface area contributed by atoms with Crippen LogP contribution in [0.1, 0.15) is 43.0 Å². The monoisotopic (exact) mass is 292 g/mol. The molecular weight excluding hydrogens is 272 g/mol. The molecule has 0 aromatic heterocycles. The molecule has 1 aliphatic rings. The van der Waals surface area contributed by atoms with Gasteiger partial charge in [0.15, 0.2) is 5.78 Å². The fourth-order valence-corrected chi connectivity index (χ4v) is 2.61. The second-order valence-corrected chi connectivity index (χ2v) is 5.37. The lowest BCUT2D eigenvalue weighted by atomic mass is 9.90.